The molecule has 0 saturated carbocycles. The lowest BCUT2D eigenvalue weighted by Crippen LogP contribution is -2.23. The minimum Gasteiger partial charge on any atom is -0.396 e. The zero-order valence-electron chi connectivity index (χ0n) is 9.50. The lowest BCUT2D eigenvalue weighted by atomic mass is 10.1. The fourth-order valence-electron chi connectivity index (χ4n) is 1.34. The van der Waals surface area contributed by atoms with Crippen molar-refractivity contribution in [2.45, 2.75) is 13.5 Å². The first kappa shape index (κ1) is 13.6. The Morgan fingerprint density at radius 1 is 1.41 bits per heavy atom. The summed E-state index contributed by atoms with van der Waals surface area (Å²) in [5, 5.41) is 20.2. The number of benzene rings is 1. The number of nitrogens with one attached hydrogen (secondary N) is 1. The molecule has 1 unspecified atom stereocenters. The van der Waals surface area contributed by atoms with E-state index in [0.29, 0.717) is 6.54 Å². The highest BCUT2D eigenvalue weighted by Gasteiger charge is 2.11. The molecule has 0 saturated heterocycles. The van der Waals surface area contributed by atoms with E-state index in [1.807, 2.05) is 6.92 Å². The van der Waals surface area contributed by atoms with Gasteiger partial charge in [0.05, 0.1) is 11.6 Å². The highest BCUT2D eigenvalue weighted by Crippen LogP contribution is 2.14. The third-order valence-corrected chi connectivity index (χ3v) is 2.38. The molecular formula is C12H14F2N2O. The Labute approximate surface area is 98.7 Å². The Bertz CT molecular complexity index is 406. The van der Waals surface area contributed by atoms with Crippen molar-refractivity contribution in [3.63, 3.8) is 0 Å². The van der Waals surface area contributed by atoms with Gasteiger partial charge in [-0.05, 0) is 18.1 Å². The highest BCUT2D eigenvalue weighted by molar-refractivity contribution is 5.34. The number of halogens is 2. The molecule has 0 aromatic heterocycles. The summed E-state index contributed by atoms with van der Waals surface area (Å²) in [5.41, 5.74) is -0.124. The van der Waals surface area contributed by atoms with Crippen molar-refractivity contribution in [2.24, 2.45) is 5.92 Å². The fraction of sp³-hybridized carbons (Fsp3) is 0.417. The first-order chi connectivity index (χ1) is 8.08. The molecule has 0 aliphatic rings. The van der Waals surface area contributed by atoms with Gasteiger partial charge < -0.3 is 10.4 Å². The van der Waals surface area contributed by atoms with Gasteiger partial charge in [-0.15, -0.1) is 0 Å². The zero-order chi connectivity index (χ0) is 12.8. The van der Waals surface area contributed by atoms with Crippen molar-refractivity contribution in [1.29, 1.82) is 5.26 Å². The number of nitriles is 1. The lowest BCUT2D eigenvalue weighted by Gasteiger charge is -2.10. The van der Waals surface area contributed by atoms with Crippen molar-refractivity contribution >= 4 is 0 Å². The molecule has 1 aromatic rings. The van der Waals surface area contributed by atoms with E-state index in [1.165, 1.54) is 0 Å². The van der Waals surface area contributed by atoms with Crippen molar-refractivity contribution in [1.82, 2.24) is 5.32 Å². The molecule has 2 N–H and O–H groups in total. The van der Waals surface area contributed by atoms with Crippen LogP contribution in [-0.2, 0) is 6.54 Å². The van der Waals surface area contributed by atoms with Crippen LogP contribution in [0.4, 0.5) is 8.78 Å². The van der Waals surface area contributed by atoms with Crippen LogP contribution in [-0.4, -0.2) is 18.3 Å². The molecule has 0 aliphatic heterocycles. The largest absolute Gasteiger partial charge is 0.396 e. The summed E-state index contributed by atoms with van der Waals surface area (Å²) >= 11 is 0. The molecule has 0 bridgehead atoms. The van der Waals surface area contributed by atoms with E-state index in [0.717, 1.165) is 12.1 Å². The van der Waals surface area contributed by atoms with Crippen molar-refractivity contribution in [3.8, 4) is 6.07 Å². The van der Waals surface area contributed by atoms with Gasteiger partial charge in [0.25, 0.3) is 0 Å². The normalized spacial score (nSPS) is 12.2. The lowest BCUT2D eigenvalue weighted by molar-refractivity contribution is 0.233. The van der Waals surface area contributed by atoms with E-state index in [9.17, 15) is 8.78 Å². The van der Waals surface area contributed by atoms with E-state index < -0.39 is 11.6 Å². The molecule has 0 heterocycles. The fourth-order valence-corrected chi connectivity index (χ4v) is 1.34. The molecule has 3 nitrogen and oxygen atoms in total. The molecular weight excluding hydrogens is 226 g/mol. The van der Waals surface area contributed by atoms with Gasteiger partial charge >= 0.3 is 0 Å². The van der Waals surface area contributed by atoms with Gasteiger partial charge in [-0.25, -0.2) is 8.78 Å². The first-order valence-electron chi connectivity index (χ1n) is 5.28. The van der Waals surface area contributed by atoms with Gasteiger partial charge in [0, 0.05) is 25.3 Å². The molecule has 0 spiro atoms. The average molecular weight is 240 g/mol. The maximum Gasteiger partial charge on any atom is 0.131 e. The Morgan fingerprint density at radius 3 is 2.47 bits per heavy atom. The highest BCUT2D eigenvalue weighted by atomic mass is 19.1. The first-order valence-corrected chi connectivity index (χ1v) is 5.28. The third kappa shape index (κ3) is 3.77. The number of aliphatic hydroxyl groups excluding tert-OH is 1. The topological polar surface area (TPSA) is 56.0 Å². The average Bonchev–Trinajstić information content (AvgIpc) is 2.31. The van der Waals surface area contributed by atoms with Crippen molar-refractivity contribution in [2.75, 3.05) is 13.2 Å². The van der Waals surface area contributed by atoms with Crippen LogP contribution in [0.5, 0.6) is 0 Å². The van der Waals surface area contributed by atoms with Gasteiger partial charge in [0.2, 0.25) is 0 Å². The standard InChI is InChI=1S/C12H14F2N2O/c1-8(7-17)5-16-6-10-11(13)2-9(4-15)3-12(10)14/h2-3,8,16-17H,5-7H2,1H3. The molecule has 1 rings (SSSR count). The maximum atomic E-state index is 13.4. The van der Waals surface area contributed by atoms with Gasteiger partial charge in [-0.2, -0.15) is 5.26 Å². The number of aliphatic hydroxyl groups is 1. The summed E-state index contributed by atoms with van der Waals surface area (Å²) in [6.07, 6.45) is 0. The second-order valence-corrected chi connectivity index (χ2v) is 3.95. The molecule has 1 atom stereocenters. The third-order valence-electron chi connectivity index (χ3n) is 2.38. The maximum absolute atomic E-state index is 13.4. The summed E-state index contributed by atoms with van der Waals surface area (Å²) in [6, 6.07) is 3.70. The van der Waals surface area contributed by atoms with E-state index in [4.69, 9.17) is 10.4 Å². The summed E-state index contributed by atoms with van der Waals surface area (Å²) < 4.78 is 26.8. The summed E-state index contributed by atoms with van der Waals surface area (Å²) in [7, 11) is 0. The Morgan fingerprint density at radius 2 is 2.00 bits per heavy atom. The summed E-state index contributed by atoms with van der Waals surface area (Å²) in [5.74, 6) is -1.43. The molecule has 92 valence electrons. The summed E-state index contributed by atoms with van der Waals surface area (Å²) in [6.45, 7) is 2.34. The zero-order valence-corrected chi connectivity index (χ0v) is 9.50. The molecule has 1 aromatic carbocycles. The molecule has 0 fully saturated rings. The smallest absolute Gasteiger partial charge is 0.131 e. The van der Waals surface area contributed by atoms with E-state index in [1.54, 1.807) is 6.07 Å². The number of nitrogens with zero attached hydrogens (tertiary/aromatic N) is 1. The van der Waals surface area contributed by atoms with Crippen LogP contribution in [0.1, 0.15) is 18.1 Å². The van der Waals surface area contributed by atoms with Gasteiger partial charge in [0.1, 0.15) is 11.6 Å². The van der Waals surface area contributed by atoms with Crippen LogP contribution in [0, 0.1) is 28.9 Å². The molecule has 0 aliphatic carbocycles. The molecule has 0 radical (unpaired) electrons. The van der Waals surface area contributed by atoms with E-state index in [-0.39, 0.29) is 30.2 Å². The SMILES string of the molecule is CC(CO)CNCc1c(F)cc(C#N)cc1F. The van der Waals surface area contributed by atoms with Crippen LogP contribution in [0.15, 0.2) is 12.1 Å². The summed E-state index contributed by atoms with van der Waals surface area (Å²) in [4.78, 5) is 0. The molecule has 17 heavy (non-hydrogen) atoms. The quantitative estimate of drug-likeness (QED) is 0.821. The van der Waals surface area contributed by atoms with Crippen LogP contribution < -0.4 is 5.32 Å². The minimum atomic E-state index is -0.731. The predicted octanol–water partition coefficient (Wildman–Crippen LogP) is 1.55. The van der Waals surface area contributed by atoms with Gasteiger partial charge in [-0.3, -0.25) is 0 Å². The number of rotatable bonds is 5. The van der Waals surface area contributed by atoms with Gasteiger partial charge in [-0.1, -0.05) is 6.92 Å². The Balaban J connectivity index is 2.69. The molecule has 5 heteroatoms. The van der Waals surface area contributed by atoms with Crippen LogP contribution in [0.25, 0.3) is 0 Å². The Hall–Kier alpha value is -1.51. The second kappa shape index (κ2) is 6.28. The monoisotopic (exact) mass is 240 g/mol. The Kier molecular flexibility index (Phi) is 5.01. The van der Waals surface area contributed by atoms with Crippen molar-refractivity contribution in [3.05, 3.63) is 34.9 Å². The van der Waals surface area contributed by atoms with Crippen LogP contribution >= 0.6 is 0 Å². The van der Waals surface area contributed by atoms with E-state index in [2.05, 4.69) is 5.32 Å². The van der Waals surface area contributed by atoms with Crippen LogP contribution in [0.2, 0.25) is 0 Å². The second-order valence-electron chi connectivity index (χ2n) is 3.95. The van der Waals surface area contributed by atoms with Crippen LogP contribution in [0.3, 0.4) is 0 Å². The van der Waals surface area contributed by atoms with E-state index >= 15 is 0 Å². The minimum absolute atomic E-state index is 0.0192. The van der Waals surface area contributed by atoms with Crippen molar-refractivity contribution < 1.29 is 13.9 Å². The molecule has 0 amide bonds. The van der Waals surface area contributed by atoms with Gasteiger partial charge in [0.15, 0.2) is 0 Å². The number of hydrogen-bond acceptors (Lipinski definition) is 3. The number of hydrogen-bond donors (Lipinski definition) is 2. The predicted molar refractivity (Wildman–Crippen MR) is 59.0 cm³/mol.